The molecule has 26 heavy (non-hydrogen) atoms. The maximum atomic E-state index is 12.7. The highest BCUT2D eigenvalue weighted by molar-refractivity contribution is 7.95. The Balaban J connectivity index is 2.59. The molecule has 0 spiro atoms. The molecular formula is C19H19NO5S. The number of aryl methyl sites for hydroxylation is 1. The lowest BCUT2D eigenvalue weighted by Crippen LogP contribution is -2.03. The Kier molecular flexibility index (Phi) is 5.90. The second-order valence-corrected chi connectivity index (χ2v) is 7.31. The molecule has 0 N–H and O–H groups in total. The number of nitrogens with zero attached hydrogens (tertiary/aromatic N) is 1. The van der Waals surface area contributed by atoms with Crippen LogP contribution in [0.25, 0.3) is 6.08 Å². The van der Waals surface area contributed by atoms with Crippen molar-refractivity contribution in [2.75, 3.05) is 21.3 Å². The summed E-state index contributed by atoms with van der Waals surface area (Å²) in [5, 5.41) is 9.41. The molecule has 7 heteroatoms. The highest BCUT2D eigenvalue weighted by Gasteiger charge is 2.21. The van der Waals surface area contributed by atoms with Gasteiger partial charge < -0.3 is 14.2 Å². The van der Waals surface area contributed by atoms with Crippen LogP contribution in [0.5, 0.6) is 17.2 Å². The molecule has 6 nitrogen and oxygen atoms in total. The number of rotatable bonds is 6. The summed E-state index contributed by atoms with van der Waals surface area (Å²) >= 11 is 0. The third-order valence-corrected chi connectivity index (χ3v) is 5.40. The van der Waals surface area contributed by atoms with Gasteiger partial charge in [-0.2, -0.15) is 5.26 Å². The van der Waals surface area contributed by atoms with Crippen molar-refractivity contribution in [3.05, 3.63) is 52.4 Å². The Morgan fingerprint density at radius 2 is 1.54 bits per heavy atom. The first-order valence-electron chi connectivity index (χ1n) is 7.61. The number of allylic oxidation sites excluding steroid dienone is 1. The molecule has 0 atom stereocenters. The summed E-state index contributed by atoms with van der Waals surface area (Å²) in [5.41, 5.74) is 1.36. The van der Waals surface area contributed by atoms with Gasteiger partial charge in [0, 0.05) is 0 Å². The molecule has 0 heterocycles. The molecular weight excluding hydrogens is 354 g/mol. The monoisotopic (exact) mass is 373 g/mol. The number of sulfone groups is 1. The van der Waals surface area contributed by atoms with Crippen LogP contribution in [0, 0.1) is 18.3 Å². The minimum Gasteiger partial charge on any atom is -0.493 e. The molecule has 0 amide bonds. The van der Waals surface area contributed by atoms with Gasteiger partial charge >= 0.3 is 0 Å². The summed E-state index contributed by atoms with van der Waals surface area (Å²) in [6.07, 6.45) is 1.28. The van der Waals surface area contributed by atoms with Crippen molar-refractivity contribution >= 4 is 15.9 Å². The molecule has 0 aliphatic rings. The van der Waals surface area contributed by atoms with E-state index in [2.05, 4.69) is 0 Å². The fourth-order valence-corrected chi connectivity index (χ4v) is 3.51. The van der Waals surface area contributed by atoms with Crippen LogP contribution >= 0.6 is 0 Å². The summed E-state index contributed by atoms with van der Waals surface area (Å²) < 4.78 is 41.2. The highest BCUT2D eigenvalue weighted by Crippen LogP contribution is 2.39. The second-order valence-electron chi connectivity index (χ2n) is 5.40. The van der Waals surface area contributed by atoms with Crippen molar-refractivity contribution in [2.45, 2.75) is 11.8 Å². The zero-order valence-corrected chi connectivity index (χ0v) is 15.8. The van der Waals surface area contributed by atoms with Crippen LogP contribution in [0.15, 0.2) is 46.2 Å². The van der Waals surface area contributed by atoms with E-state index in [0.29, 0.717) is 22.8 Å². The van der Waals surface area contributed by atoms with Gasteiger partial charge in [-0.1, -0.05) is 17.7 Å². The molecule has 2 rings (SSSR count). The number of hydrogen-bond acceptors (Lipinski definition) is 6. The number of hydrogen-bond donors (Lipinski definition) is 0. The summed E-state index contributed by atoms with van der Waals surface area (Å²) in [6, 6.07) is 11.2. The van der Waals surface area contributed by atoms with Crippen molar-refractivity contribution in [3.63, 3.8) is 0 Å². The van der Waals surface area contributed by atoms with Gasteiger partial charge in [0.25, 0.3) is 0 Å². The van der Waals surface area contributed by atoms with Crippen molar-refractivity contribution in [1.82, 2.24) is 0 Å². The lowest BCUT2D eigenvalue weighted by Gasteiger charge is -2.13. The number of methoxy groups -OCH3 is 3. The number of ether oxygens (including phenoxy) is 3. The summed E-state index contributed by atoms with van der Waals surface area (Å²) in [5.74, 6) is 1.11. The standard InChI is InChI=1S/C19H19NO5S/c1-13-5-7-15(8-6-13)26(21,22)16(12-20)9-14-10-17(23-2)19(25-4)18(11-14)24-3/h5-11H,1-4H3/b16-9-. The molecule has 0 bridgehead atoms. The van der Waals surface area contributed by atoms with Gasteiger partial charge in [-0.05, 0) is 42.8 Å². The molecule has 0 aliphatic carbocycles. The normalized spacial score (nSPS) is 11.6. The topological polar surface area (TPSA) is 85.6 Å². The van der Waals surface area contributed by atoms with E-state index in [1.165, 1.54) is 39.5 Å². The van der Waals surface area contributed by atoms with Crippen LogP contribution < -0.4 is 14.2 Å². The average Bonchev–Trinajstić information content (AvgIpc) is 2.65. The quantitative estimate of drug-likeness (QED) is 0.722. The first-order chi connectivity index (χ1) is 12.4. The minimum atomic E-state index is -3.93. The lowest BCUT2D eigenvalue weighted by molar-refractivity contribution is 0.324. The fourth-order valence-electron chi connectivity index (χ4n) is 2.35. The van der Waals surface area contributed by atoms with Gasteiger partial charge in [0.1, 0.15) is 11.0 Å². The summed E-state index contributed by atoms with van der Waals surface area (Å²) in [6.45, 7) is 1.85. The Bertz CT molecular complexity index is 945. The van der Waals surface area contributed by atoms with Crippen LogP contribution in [0.3, 0.4) is 0 Å². The van der Waals surface area contributed by atoms with E-state index in [4.69, 9.17) is 14.2 Å². The Morgan fingerprint density at radius 1 is 1.00 bits per heavy atom. The van der Waals surface area contributed by atoms with Crippen molar-refractivity contribution in [1.29, 1.82) is 5.26 Å². The maximum absolute atomic E-state index is 12.7. The first-order valence-corrected chi connectivity index (χ1v) is 9.09. The third-order valence-electron chi connectivity index (χ3n) is 3.72. The van der Waals surface area contributed by atoms with Gasteiger partial charge in [0.05, 0.1) is 26.2 Å². The smallest absolute Gasteiger partial charge is 0.216 e. The van der Waals surface area contributed by atoms with Crippen molar-refractivity contribution in [2.24, 2.45) is 0 Å². The predicted octanol–water partition coefficient (Wildman–Crippen LogP) is 3.36. The van der Waals surface area contributed by atoms with E-state index in [9.17, 15) is 13.7 Å². The van der Waals surface area contributed by atoms with Crippen LogP contribution in [0.4, 0.5) is 0 Å². The van der Waals surface area contributed by atoms with Gasteiger partial charge in [-0.15, -0.1) is 0 Å². The highest BCUT2D eigenvalue weighted by atomic mass is 32.2. The summed E-state index contributed by atoms with van der Waals surface area (Å²) in [4.78, 5) is -0.320. The van der Waals surface area contributed by atoms with E-state index in [-0.39, 0.29) is 9.80 Å². The van der Waals surface area contributed by atoms with Gasteiger partial charge in [0.2, 0.25) is 15.6 Å². The first kappa shape index (κ1) is 19.3. The van der Waals surface area contributed by atoms with Gasteiger partial charge in [-0.25, -0.2) is 8.42 Å². The average molecular weight is 373 g/mol. The van der Waals surface area contributed by atoms with Crippen LogP contribution in [0.1, 0.15) is 11.1 Å². The Hall–Kier alpha value is -2.98. The van der Waals surface area contributed by atoms with E-state index in [0.717, 1.165) is 5.56 Å². The van der Waals surface area contributed by atoms with Crippen molar-refractivity contribution < 1.29 is 22.6 Å². The van der Waals surface area contributed by atoms with E-state index in [1.54, 1.807) is 30.3 Å². The molecule has 2 aromatic carbocycles. The zero-order valence-electron chi connectivity index (χ0n) is 14.9. The molecule has 0 aliphatic heterocycles. The molecule has 136 valence electrons. The third kappa shape index (κ3) is 3.81. The van der Waals surface area contributed by atoms with E-state index < -0.39 is 9.84 Å². The second kappa shape index (κ2) is 7.93. The molecule has 0 aromatic heterocycles. The van der Waals surface area contributed by atoms with Gasteiger partial charge in [-0.3, -0.25) is 0 Å². The Labute approximate surface area is 153 Å². The predicted molar refractivity (Wildman–Crippen MR) is 98.1 cm³/mol. The van der Waals surface area contributed by atoms with E-state index in [1.807, 2.05) is 6.92 Å². The molecule has 0 fully saturated rings. The van der Waals surface area contributed by atoms with Crippen LogP contribution in [0.2, 0.25) is 0 Å². The largest absolute Gasteiger partial charge is 0.493 e. The lowest BCUT2D eigenvalue weighted by atomic mass is 10.1. The van der Waals surface area contributed by atoms with E-state index >= 15 is 0 Å². The fraction of sp³-hybridized carbons (Fsp3) is 0.211. The molecule has 0 unspecified atom stereocenters. The number of nitriles is 1. The van der Waals surface area contributed by atoms with Crippen molar-refractivity contribution in [3.8, 4) is 23.3 Å². The minimum absolute atomic E-state index is 0.0586. The maximum Gasteiger partial charge on any atom is 0.216 e. The molecule has 0 saturated heterocycles. The zero-order chi connectivity index (χ0) is 19.3. The van der Waals surface area contributed by atoms with Crippen LogP contribution in [-0.2, 0) is 9.84 Å². The van der Waals surface area contributed by atoms with Gasteiger partial charge in [0.15, 0.2) is 11.5 Å². The SMILES string of the molecule is COc1cc(/C=C(/C#N)S(=O)(=O)c2ccc(C)cc2)cc(OC)c1OC. The molecule has 0 radical (unpaired) electrons. The van der Waals surface area contributed by atoms with Crippen LogP contribution in [-0.4, -0.2) is 29.7 Å². The molecule has 2 aromatic rings. The Morgan fingerprint density at radius 3 is 1.96 bits per heavy atom. The number of benzene rings is 2. The molecule has 0 saturated carbocycles. The summed E-state index contributed by atoms with van der Waals surface area (Å²) in [7, 11) is 0.452.